The number of hydrogen-bond acceptors (Lipinski definition) is 3. The molecule has 2 N–H and O–H groups in total. The molecular weight excluding hydrogens is 260 g/mol. The topological polar surface area (TPSA) is 78.9 Å². The van der Waals surface area contributed by atoms with E-state index in [4.69, 9.17) is 9.84 Å². The second-order valence-corrected chi connectivity index (χ2v) is 4.82. The van der Waals surface area contributed by atoms with Gasteiger partial charge in [0.15, 0.2) is 6.10 Å². The first-order valence-corrected chi connectivity index (χ1v) is 6.45. The number of anilines is 1. The number of aryl methyl sites for hydroxylation is 1. The zero-order valence-corrected chi connectivity index (χ0v) is 11.5. The largest absolute Gasteiger partial charge is 0.479 e. The van der Waals surface area contributed by atoms with E-state index < -0.39 is 12.1 Å². The van der Waals surface area contributed by atoms with Crippen molar-refractivity contribution in [3.63, 3.8) is 0 Å². The van der Waals surface area contributed by atoms with E-state index in [0.29, 0.717) is 6.54 Å². The fourth-order valence-electron chi connectivity index (χ4n) is 2.06. The van der Waals surface area contributed by atoms with Crippen molar-refractivity contribution in [3.05, 3.63) is 29.3 Å². The summed E-state index contributed by atoms with van der Waals surface area (Å²) in [7, 11) is 0. The zero-order chi connectivity index (χ0) is 14.7. The molecule has 0 spiro atoms. The van der Waals surface area contributed by atoms with Crippen LogP contribution in [-0.2, 0) is 9.53 Å². The number of nitrogens with one attached hydrogen (secondary N) is 1. The van der Waals surface area contributed by atoms with Crippen molar-refractivity contribution in [3.8, 4) is 0 Å². The summed E-state index contributed by atoms with van der Waals surface area (Å²) in [5.74, 6) is -1.05. The summed E-state index contributed by atoms with van der Waals surface area (Å²) in [5, 5.41) is 11.7. The van der Waals surface area contributed by atoms with Gasteiger partial charge in [-0.2, -0.15) is 0 Å². The van der Waals surface area contributed by atoms with Crippen molar-refractivity contribution in [1.82, 2.24) is 4.90 Å². The average molecular weight is 278 g/mol. The van der Waals surface area contributed by atoms with Crippen LogP contribution in [0.4, 0.5) is 10.5 Å². The van der Waals surface area contributed by atoms with Gasteiger partial charge < -0.3 is 20.1 Å². The molecule has 2 amide bonds. The molecular formula is C14H18N2O4. The van der Waals surface area contributed by atoms with Crippen molar-refractivity contribution < 1.29 is 19.4 Å². The zero-order valence-electron chi connectivity index (χ0n) is 11.5. The maximum atomic E-state index is 12.2. The van der Waals surface area contributed by atoms with E-state index in [-0.39, 0.29) is 19.2 Å². The molecule has 1 aliphatic heterocycles. The van der Waals surface area contributed by atoms with Crippen LogP contribution in [0.25, 0.3) is 0 Å². The maximum absolute atomic E-state index is 12.2. The van der Waals surface area contributed by atoms with Gasteiger partial charge >= 0.3 is 12.0 Å². The van der Waals surface area contributed by atoms with Gasteiger partial charge in [0.25, 0.3) is 0 Å². The van der Waals surface area contributed by atoms with Crippen LogP contribution in [0.15, 0.2) is 18.2 Å². The second-order valence-electron chi connectivity index (χ2n) is 4.82. The summed E-state index contributed by atoms with van der Waals surface area (Å²) in [6, 6.07) is 5.38. The monoisotopic (exact) mass is 278 g/mol. The third-order valence-corrected chi connectivity index (χ3v) is 3.48. The molecule has 2 rings (SSSR count). The van der Waals surface area contributed by atoms with E-state index in [9.17, 15) is 9.59 Å². The lowest BCUT2D eigenvalue weighted by atomic mass is 10.1. The minimum atomic E-state index is -1.05. The molecule has 0 aromatic heterocycles. The molecule has 1 heterocycles. The minimum Gasteiger partial charge on any atom is -0.479 e. The van der Waals surface area contributed by atoms with Gasteiger partial charge in [-0.15, -0.1) is 0 Å². The van der Waals surface area contributed by atoms with Crippen molar-refractivity contribution in [1.29, 1.82) is 0 Å². The number of rotatable bonds is 2. The highest BCUT2D eigenvalue weighted by Crippen LogP contribution is 2.19. The molecule has 1 aromatic carbocycles. The number of carboxylic acids is 1. The normalized spacial score (nSPS) is 18.7. The van der Waals surface area contributed by atoms with Gasteiger partial charge in [-0.25, -0.2) is 9.59 Å². The Morgan fingerprint density at radius 2 is 2.15 bits per heavy atom. The van der Waals surface area contributed by atoms with E-state index >= 15 is 0 Å². The van der Waals surface area contributed by atoms with Crippen LogP contribution in [0.1, 0.15) is 11.1 Å². The van der Waals surface area contributed by atoms with Crippen LogP contribution in [0, 0.1) is 13.8 Å². The predicted molar refractivity (Wildman–Crippen MR) is 73.9 cm³/mol. The number of urea groups is 1. The summed E-state index contributed by atoms with van der Waals surface area (Å²) in [6.45, 7) is 4.59. The lowest BCUT2D eigenvalue weighted by Gasteiger charge is -2.31. The number of carboxylic acid groups (broad SMARTS) is 1. The average Bonchev–Trinajstić information content (AvgIpc) is 2.44. The summed E-state index contributed by atoms with van der Waals surface area (Å²) < 4.78 is 5.09. The number of aliphatic carboxylic acids is 1. The van der Waals surface area contributed by atoms with E-state index in [0.717, 1.165) is 16.8 Å². The third-order valence-electron chi connectivity index (χ3n) is 3.48. The van der Waals surface area contributed by atoms with Gasteiger partial charge in [0.05, 0.1) is 13.2 Å². The van der Waals surface area contributed by atoms with Gasteiger partial charge in [-0.05, 0) is 31.0 Å². The van der Waals surface area contributed by atoms with Crippen molar-refractivity contribution >= 4 is 17.7 Å². The molecule has 1 saturated heterocycles. The first-order valence-electron chi connectivity index (χ1n) is 6.45. The second kappa shape index (κ2) is 5.92. The number of amides is 2. The highest BCUT2D eigenvalue weighted by Gasteiger charge is 2.29. The number of carbonyl (C=O) groups excluding carboxylic acids is 1. The van der Waals surface area contributed by atoms with E-state index in [1.807, 2.05) is 32.0 Å². The van der Waals surface area contributed by atoms with Gasteiger partial charge in [-0.3, -0.25) is 0 Å². The first kappa shape index (κ1) is 14.3. The Labute approximate surface area is 117 Å². The van der Waals surface area contributed by atoms with Crippen LogP contribution in [0.3, 0.4) is 0 Å². The van der Waals surface area contributed by atoms with E-state index in [1.165, 1.54) is 4.90 Å². The Morgan fingerprint density at radius 1 is 1.40 bits per heavy atom. The van der Waals surface area contributed by atoms with Gasteiger partial charge in [0, 0.05) is 12.2 Å². The quantitative estimate of drug-likeness (QED) is 0.861. The number of nitrogens with zero attached hydrogens (tertiary/aromatic N) is 1. The van der Waals surface area contributed by atoms with Crippen molar-refractivity contribution in [2.75, 3.05) is 25.0 Å². The number of morpholine rings is 1. The molecule has 1 atom stereocenters. The van der Waals surface area contributed by atoms with Gasteiger partial charge in [0.2, 0.25) is 0 Å². The molecule has 1 aliphatic rings. The smallest absolute Gasteiger partial charge is 0.334 e. The fraction of sp³-hybridized carbons (Fsp3) is 0.429. The first-order chi connectivity index (χ1) is 9.49. The lowest BCUT2D eigenvalue weighted by Crippen LogP contribution is -2.50. The molecule has 6 nitrogen and oxygen atoms in total. The Balaban J connectivity index is 2.04. The Hall–Kier alpha value is -2.08. The van der Waals surface area contributed by atoms with Crippen LogP contribution in [-0.4, -0.2) is 47.8 Å². The lowest BCUT2D eigenvalue weighted by molar-refractivity contribution is -0.154. The minimum absolute atomic E-state index is 0.0615. The molecule has 1 aromatic rings. The summed E-state index contributed by atoms with van der Waals surface area (Å²) in [5.41, 5.74) is 2.84. The molecule has 108 valence electrons. The van der Waals surface area contributed by atoms with E-state index in [2.05, 4.69) is 5.32 Å². The highest BCUT2D eigenvalue weighted by molar-refractivity contribution is 5.90. The fourth-order valence-corrected chi connectivity index (χ4v) is 2.06. The van der Waals surface area contributed by atoms with E-state index in [1.54, 1.807) is 0 Å². The summed E-state index contributed by atoms with van der Waals surface area (Å²) in [4.78, 5) is 24.5. The standard InChI is InChI=1S/C14H18N2O4/c1-9-4-3-5-11(10(9)2)15-14(19)16-6-7-20-12(8-16)13(17)18/h3-5,12H,6-8H2,1-2H3,(H,15,19)(H,17,18). The van der Waals surface area contributed by atoms with Crippen molar-refractivity contribution in [2.24, 2.45) is 0 Å². The Morgan fingerprint density at radius 3 is 2.85 bits per heavy atom. The molecule has 0 aliphatic carbocycles. The Bertz CT molecular complexity index is 530. The molecule has 20 heavy (non-hydrogen) atoms. The number of hydrogen-bond donors (Lipinski definition) is 2. The van der Waals surface area contributed by atoms with Crippen molar-refractivity contribution in [2.45, 2.75) is 20.0 Å². The van der Waals surface area contributed by atoms with Crippen LogP contribution in [0.5, 0.6) is 0 Å². The van der Waals surface area contributed by atoms with Crippen LogP contribution in [0.2, 0.25) is 0 Å². The highest BCUT2D eigenvalue weighted by atomic mass is 16.5. The summed E-state index contributed by atoms with van der Waals surface area (Å²) >= 11 is 0. The van der Waals surface area contributed by atoms with Crippen LogP contribution < -0.4 is 5.32 Å². The van der Waals surface area contributed by atoms with Gasteiger partial charge in [0.1, 0.15) is 0 Å². The summed E-state index contributed by atoms with van der Waals surface area (Å²) in [6.07, 6.45) is -0.951. The Kier molecular flexibility index (Phi) is 4.24. The SMILES string of the molecule is Cc1cccc(NC(=O)N2CCOC(C(=O)O)C2)c1C. The van der Waals surface area contributed by atoms with Crippen LogP contribution >= 0.6 is 0 Å². The molecule has 0 radical (unpaired) electrons. The molecule has 0 saturated carbocycles. The maximum Gasteiger partial charge on any atom is 0.334 e. The van der Waals surface area contributed by atoms with Gasteiger partial charge in [-0.1, -0.05) is 12.1 Å². The number of carbonyl (C=O) groups is 2. The molecule has 0 bridgehead atoms. The predicted octanol–water partition coefficient (Wildman–Crippen LogP) is 1.62. The molecule has 1 fully saturated rings. The number of ether oxygens (including phenoxy) is 1. The number of benzene rings is 1. The molecule has 1 unspecified atom stereocenters. The third kappa shape index (κ3) is 3.08. The molecule has 6 heteroatoms.